The number of hydrogen-bond donors (Lipinski definition) is 1. The molecule has 0 saturated carbocycles. The standard InChI is InChI=1S/C24H20FN3O/c25-20-13-5-4-12-19(20)24(29)26-17-23-27-21-14-6-7-15-22(21)28(23)16-8-11-18-9-2-1-3-10-18/h1-15H,16-17H2,(H,26,29)/b11-8+. The number of imidazole rings is 1. The molecule has 1 heterocycles. The Morgan fingerprint density at radius 2 is 1.69 bits per heavy atom. The largest absolute Gasteiger partial charge is 0.345 e. The minimum atomic E-state index is -0.538. The van der Waals surface area contributed by atoms with Crippen molar-refractivity contribution >= 4 is 23.0 Å². The lowest BCUT2D eigenvalue weighted by Gasteiger charge is -2.09. The maximum Gasteiger partial charge on any atom is 0.254 e. The molecule has 4 rings (SSSR count). The van der Waals surface area contributed by atoms with Gasteiger partial charge in [0.2, 0.25) is 0 Å². The van der Waals surface area contributed by atoms with Gasteiger partial charge in [-0.25, -0.2) is 9.37 Å². The third kappa shape index (κ3) is 4.24. The summed E-state index contributed by atoms with van der Waals surface area (Å²) < 4.78 is 15.9. The molecule has 0 radical (unpaired) electrons. The van der Waals surface area contributed by atoms with Crippen LogP contribution in [0.5, 0.6) is 0 Å². The van der Waals surface area contributed by atoms with Gasteiger partial charge in [0.1, 0.15) is 11.6 Å². The first-order valence-corrected chi connectivity index (χ1v) is 9.41. The van der Waals surface area contributed by atoms with E-state index in [1.807, 2.05) is 54.6 Å². The van der Waals surface area contributed by atoms with Gasteiger partial charge in [0.15, 0.2) is 0 Å². The quantitative estimate of drug-likeness (QED) is 0.517. The third-order valence-corrected chi connectivity index (χ3v) is 4.66. The molecule has 0 atom stereocenters. The lowest BCUT2D eigenvalue weighted by molar-refractivity contribution is 0.0945. The Hall–Kier alpha value is -3.73. The highest BCUT2D eigenvalue weighted by atomic mass is 19.1. The fraction of sp³-hybridized carbons (Fsp3) is 0.0833. The second-order valence-corrected chi connectivity index (χ2v) is 6.60. The van der Waals surface area contributed by atoms with Gasteiger partial charge < -0.3 is 9.88 Å². The van der Waals surface area contributed by atoms with Gasteiger partial charge in [-0.2, -0.15) is 0 Å². The lowest BCUT2D eigenvalue weighted by Crippen LogP contribution is -2.25. The molecule has 1 aromatic heterocycles. The lowest BCUT2D eigenvalue weighted by atomic mass is 10.2. The van der Waals surface area contributed by atoms with Crippen LogP contribution in [0.4, 0.5) is 4.39 Å². The fourth-order valence-corrected chi connectivity index (χ4v) is 3.22. The monoisotopic (exact) mass is 385 g/mol. The Bertz CT molecular complexity index is 1170. The van der Waals surface area contributed by atoms with E-state index in [1.165, 1.54) is 12.1 Å². The summed E-state index contributed by atoms with van der Waals surface area (Å²) in [4.78, 5) is 17.0. The molecule has 0 aliphatic heterocycles. The minimum Gasteiger partial charge on any atom is -0.345 e. The molecule has 1 amide bonds. The molecule has 3 aromatic carbocycles. The minimum absolute atomic E-state index is 0.0270. The van der Waals surface area contributed by atoms with Gasteiger partial charge in [0, 0.05) is 6.54 Å². The van der Waals surface area contributed by atoms with Crippen LogP contribution >= 0.6 is 0 Å². The Kier molecular flexibility index (Phi) is 5.47. The summed E-state index contributed by atoms with van der Waals surface area (Å²) in [6.07, 6.45) is 4.11. The number of benzene rings is 3. The number of carbonyl (C=O) groups excluding carboxylic acids is 1. The van der Waals surface area contributed by atoms with Gasteiger partial charge in [0.25, 0.3) is 5.91 Å². The molecule has 0 bridgehead atoms. The molecule has 5 heteroatoms. The van der Waals surface area contributed by atoms with Crippen molar-refractivity contribution in [3.05, 3.63) is 108 Å². The molecule has 0 aliphatic rings. The van der Waals surface area contributed by atoms with Crippen LogP contribution in [0.2, 0.25) is 0 Å². The van der Waals surface area contributed by atoms with Crippen LogP contribution in [0, 0.1) is 5.82 Å². The van der Waals surface area contributed by atoms with E-state index in [-0.39, 0.29) is 12.1 Å². The number of amides is 1. The number of hydrogen-bond acceptors (Lipinski definition) is 2. The van der Waals surface area contributed by atoms with Crippen molar-refractivity contribution in [1.82, 2.24) is 14.9 Å². The number of carbonyl (C=O) groups is 1. The Balaban J connectivity index is 1.55. The van der Waals surface area contributed by atoms with Gasteiger partial charge in [-0.3, -0.25) is 4.79 Å². The molecule has 0 spiro atoms. The highest BCUT2D eigenvalue weighted by Crippen LogP contribution is 2.17. The molecule has 0 unspecified atom stereocenters. The van der Waals surface area contributed by atoms with Crippen molar-refractivity contribution in [1.29, 1.82) is 0 Å². The van der Waals surface area contributed by atoms with E-state index in [2.05, 4.69) is 27.0 Å². The molecule has 1 N–H and O–H groups in total. The Morgan fingerprint density at radius 3 is 2.52 bits per heavy atom. The first-order valence-electron chi connectivity index (χ1n) is 9.41. The van der Waals surface area contributed by atoms with Crippen LogP contribution in [0.3, 0.4) is 0 Å². The topological polar surface area (TPSA) is 46.9 Å². The number of para-hydroxylation sites is 2. The summed E-state index contributed by atoms with van der Waals surface area (Å²) in [5.41, 5.74) is 2.99. The average Bonchev–Trinajstić information content (AvgIpc) is 3.11. The van der Waals surface area contributed by atoms with Crippen LogP contribution in [0.15, 0.2) is 84.9 Å². The van der Waals surface area contributed by atoms with Crippen LogP contribution in [0.1, 0.15) is 21.7 Å². The average molecular weight is 385 g/mol. The molecule has 0 fully saturated rings. The van der Waals surface area contributed by atoms with Gasteiger partial charge in [0.05, 0.1) is 23.1 Å². The summed E-state index contributed by atoms with van der Waals surface area (Å²) in [7, 11) is 0. The maximum atomic E-state index is 13.8. The first-order chi connectivity index (χ1) is 14.2. The van der Waals surface area contributed by atoms with Crippen molar-refractivity contribution in [2.45, 2.75) is 13.1 Å². The van der Waals surface area contributed by atoms with Crippen molar-refractivity contribution in [3.8, 4) is 0 Å². The molecular weight excluding hydrogens is 365 g/mol. The zero-order chi connectivity index (χ0) is 20.1. The van der Waals surface area contributed by atoms with Crippen LogP contribution in [-0.2, 0) is 13.1 Å². The number of halogens is 1. The van der Waals surface area contributed by atoms with Crippen LogP contribution in [0.25, 0.3) is 17.1 Å². The predicted octanol–water partition coefficient (Wildman–Crippen LogP) is 4.82. The van der Waals surface area contributed by atoms with Gasteiger partial charge in [-0.15, -0.1) is 0 Å². The summed E-state index contributed by atoms with van der Waals surface area (Å²) in [6.45, 7) is 0.821. The van der Waals surface area contributed by atoms with Gasteiger partial charge >= 0.3 is 0 Å². The summed E-state index contributed by atoms with van der Waals surface area (Å²) in [6, 6.07) is 23.8. The predicted molar refractivity (Wildman–Crippen MR) is 113 cm³/mol. The number of nitrogens with one attached hydrogen (secondary N) is 1. The van der Waals surface area contributed by atoms with E-state index >= 15 is 0 Å². The highest BCUT2D eigenvalue weighted by Gasteiger charge is 2.13. The third-order valence-electron chi connectivity index (χ3n) is 4.66. The van der Waals surface area contributed by atoms with E-state index < -0.39 is 11.7 Å². The van der Waals surface area contributed by atoms with Crippen LogP contribution < -0.4 is 5.32 Å². The van der Waals surface area contributed by atoms with Crippen molar-refractivity contribution in [2.75, 3.05) is 0 Å². The highest BCUT2D eigenvalue weighted by molar-refractivity contribution is 5.94. The summed E-state index contributed by atoms with van der Waals surface area (Å²) in [5, 5.41) is 2.78. The molecule has 4 nitrogen and oxygen atoms in total. The molecular formula is C24H20FN3O. The van der Waals surface area contributed by atoms with E-state index in [1.54, 1.807) is 12.1 Å². The van der Waals surface area contributed by atoms with Crippen molar-refractivity contribution < 1.29 is 9.18 Å². The smallest absolute Gasteiger partial charge is 0.254 e. The Labute approximate surface area is 168 Å². The number of fused-ring (bicyclic) bond motifs is 1. The SMILES string of the molecule is O=C(NCc1nc2ccccc2n1C/C=C/c1ccccc1)c1ccccc1F. The van der Waals surface area contributed by atoms with Crippen molar-refractivity contribution in [3.63, 3.8) is 0 Å². The number of allylic oxidation sites excluding steroid dienone is 1. The summed E-state index contributed by atoms with van der Waals surface area (Å²) >= 11 is 0. The normalized spacial score (nSPS) is 11.2. The van der Waals surface area contributed by atoms with E-state index in [9.17, 15) is 9.18 Å². The van der Waals surface area contributed by atoms with E-state index in [0.717, 1.165) is 16.6 Å². The Morgan fingerprint density at radius 1 is 0.966 bits per heavy atom. The number of rotatable bonds is 6. The van der Waals surface area contributed by atoms with Gasteiger partial charge in [-0.1, -0.05) is 66.7 Å². The molecule has 0 saturated heterocycles. The maximum absolute atomic E-state index is 13.8. The molecule has 29 heavy (non-hydrogen) atoms. The fourth-order valence-electron chi connectivity index (χ4n) is 3.22. The van der Waals surface area contributed by atoms with Crippen LogP contribution in [-0.4, -0.2) is 15.5 Å². The summed E-state index contributed by atoms with van der Waals surface area (Å²) in [5.74, 6) is -0.278. The number of aromatic nitrogens is 2. The van der Waals surface area contributed by atoms with Gasteiger partial charge in [-0.05, 0) is 29.8 Å². The second kappa shape index (κ2) is 8.52. The van der Waals surface area contributed by atoms with E-state index in [0.29, 0.717) is 12.4 Å². The molecule has 144 valence electrons. The molecule has 0 aliphatic carbocycles. The number of nitrogens with zero attached hydrogens (tertiary/aromatic N) is 2. The first kappa shape index (κ1) is 18.6. The van der Waals surface area contributed by atoms with Crippen molar-refractivity contribution in [2.24, 2.45) is 0 Å². The zero-order valence-corrected chi connectivity index (χ0v) is 15.8. The molecule has 4 aromatic rings. The van der Waals surface area contributed by atoms with E-state index in [4.69, 9.17) is 0 Å². The second-order valence-electron chi connectivity index (χ2n) is 6.60. The zero-order valence-electron chi connectivity index (χ0n) is 15.8.